The smallest absolute Gasteiger partial charge is 0.417 e. The van der Waals surface area contributed by atoms with Crippen molar-refractivity contribution in [1.82, 2.24) is 0 Å². The van der Waals surface area contributed by atoms with Gasteiger partial charge in [-0.3, -0.25) is 8.75 Å². The zero-order chi connectivity index (χ0) is 19.5. The van der Waals surface area contributed by atoms with Crippen LogP contribution >= 0.6 is 7.37 Å². The zero-order valence-electron chi connectivity index (χ0n) is 13.9. The van der Waals surface area contributed by atoms with Gasteiger partial charge in [0.1, 0.15) is 17.0 Å². The first-order valence-electron chi connectivity index (χ1n) is 6.85. The molecule has 144 valence electrons. The van der Waals surface area contributed by atoms with Gasteiger partial charge in [-0.1, -0.05) is 6.07 Å². The molecule has 7 nitrogen and oxygen atoms in total. The normalized spacial score (nSPS) is 15.2. The maximum atomic E-state index is 13.1. The second kappa shape index (κ2) is 8.05. The van der Waals surface area contributed by atoms with E-state index < -0.39 is 52.3 Å². The van der Waals surface area contributed by atoms with E-state index in [1.165, 1.54) is 0 Å². The maximum absolute atomic E-state index is 13.1. The van der Waals surface area contributed by atoms with Crippen molar-refractivity contribution in [2.75, 3.05) is 20.1 Å². The molecule has 1 aromatic rings. The van der Waals surface area contributed by atoms with Gasteiger partial charge < -0.3 is 4.74 Å². The van der Waals surface area contributed by atoms with Crippen molar-refractivity contribution in [3.05, 3.63) is 23.8 Å². The van der Waals surface area contributed by atoms with Crippen molar-refractivity contribution in [3.8, 4) is 5.75 Å². The lowest BCUT2D eigenvalue weighted by Crippen LogP contribution is -2.17. The van der Waals surface area contributed by atoms with E-state index in [-0.39, 0.29) is 0 Å². The monoisotopic (exact) mass is 406 g/mol. The number of hydrogen-bond acceptors (Lipinski definition) is 7. The summed E-state index contributed by atoms with van der Waals surface area (Å²) in [7, 11) is -7.62. The molecule has 0 bridgehead atoms. The number of ether oxygens (including phenoxy) is 1. The van der Waals surface area contributed by atoms with E-state index in [4.69, 9.17) is 4.74 Å². The molecule has 0 aromatic heterocycles. The second-order valence-corrected chi connectivity index (χ2v) is 9.26. The van der Waals surface area contributed by atoms with Gasteiger partial charge in [0.15, 0.2) is 0 Å². The highest BCUT2D eigenvalue weighted by Gasteiger charge is 2.40. The van der Waals surface area contributed by atoms with Gasteiger partial charge in [0.2, 0.25) is 0 Å². The number of halogens is 3. The molecule has 0 aliphatic heterocycles. The van der Waals surface area contributed by atoms with Crippen LogP contribution in [0.5, 0.6) is 5.75 Å². The van der Waals surface area contributed by atoms with Crippen molar-refractivity contribution in [1.29, 1.82) is 0 Å². The predicted octanol–water partition coefficient (Wildman–Crippen LogP) is 3.64. The predicted molar refractivity (Wildman–Crippen MR) is 82.0 cm³/mol. The Balaban J connectivity index is 3.17. The van der Waals surface area contributed by atoms with Crippen LogP contribution in [-0.2, 0) is 34.6 Å². The maximum Gasteiger partial charge on any atom is 0.417 e. The quantitative estimate of drug-likeness (QED) is 0.282. The van der Waals surface area contributed by atoms with Gasteiger partial charge in [0.25, 0.3) is 7.37 Å². The van der Waals surface area contributed by atoms with Gasteiger partial charge in [-0.15, -0.1) is 0 Å². The molecule has 1 unspecified atom stereocenters. The fourth-order valence-corrected chi connectivity index (χ4v) is 4.27. The van der Waals surface area contributed by atoms with E-state index in [2.05, 4.69) is 13.7 Å². The summed E-state index contributed by atoms with van der Waals surface area (Å²) in [5.74, 6) is -0.555. The van der Waals surface area contributed by atoms with E-state index in [0.29, 0.717) is 6.07 Å². The number of methoxy groups -OCH3 is 1. The van der Waals surface area contributed by atoms with Crippen LogP contribution in [0.4, 0.5) is 13.2 Å². The van der Waals surface area contributed by atoms with E-state index in [1.807, 2.05) is 0 Å². The molecule has 0 fully saturated rings. The summed E-state index contributed by atoms with van der Waals surface area (Å²) < 4.78 is 89.6. The standard InChI is InChI=1S/C13H18F3O7PS/c1-9(2)22-23-24(4,17)8-21-25(18,19)12-10(13(14,15)16)6-5-7-11(12)20-3/h5-7,9H,8H2,1-4H3. The Morgan fingerprint density at radius 1 is 1.24 bits per heavy atom. The summed E-state index contributed by atoms with van der Waals surface area (Å²) in [5.41, 5.74) is -1.46. The van der Waals surface area contributed by atoms with E-state index in [0.717, 1.165) is 25.9 Å². The molecule has 1 aromatic carbocycles. The molecule has 0 amide bonds. The molecule has 1 rings (SSSR count). The van der Waals surface area contributed by atoms with Crippen molar-refractivity contribution >= 4 is 17.5 Å². The molecule has 0 radical (unpaired) electrons. The minimum Gasteiger partial charge on any atom is -0.495 e. The Hall–Kier alpha value is -1.13. The third-order valence-electron chi connectivity index (χ3n) is 2.59. The van der Waals surface area contributed by atoms with E-state index in [9.17, 15) is 26.2 Å². The number of hydrogen-bond donors (Lipinski definition) is 0. The number of alkyl halides is 3. The molecular formula is C13H18F3O7PS. The third kappa shape index (κ3) is 6.27. The lowest BCUT2D eigenvalue weighted by molar-refractivity contribution is -0.234. The van der Waals surface area contributed by atoms with Crippen LogP contribution in [0, 0.1) is 0 Å². The SMILES string of the molecule is COc1cccc(C(F)(F)F)c1S(=O)(=O)OCP(C)(=O)OOC(C)C. The molecule has 0 N–H and O–H groups in total. The average molecular weight is 406 g/mol. The van der Waals surface area contributed by atoms with Crippen LogP contribution in [0.25, 0.3) is 0 Å². The molecule has 0 aliphatic rings. The summed E-state index contributed by atoms with van der Waals surface area (Å²) in [4.78, 5) is 3.46. The lowest BCUT2D eigenvalue weighted by Gasteiger charge is -2.18. The first-order chi connectivity index (χ1) is 11.3. The summed E-state index contributed by atoms with van der Waals surface area (Å²) >= 11 is 0. The summed E-state index contributed by atoms with van der Waals surface area (Å²) in [6.45, 7) is 4.17. The highest BCUT2D eigenvalue weighted by atomic mass is 32.2. The fraction of sp³-hybridized carbons (Fsp3) is 0.538. The summed E-state index contributed by atoms with van der Waals surface area (Å²) in [6.07, 6.45) is -6.43. The highest BCUT2D eigenvalue weighted by molar-refractivity contribution is 7.87. The average Bonchev–Trinajstić information content (AvgIpc) is 2.50. The van der Waals surface area contributed by atoms with E-state index >= 15 is 0 Å². The largest absolute Gasteiger partial charge is 0.495 e. The van der Waals surface area contributed by atoms with Gasteiger partial charge in [0.05, 0.1) is 18.8 Å². The van der Waals surface area contributed by atoms with Gasteiger partial charge in [-0.25, -0.2) is 4.89 Å². The summed E-state index contributed by atoms with van der Waals surface area (Å²) in [6, 6.07) is 2.60. The molecule has 12 heteroatoms. The van der Waals surface area contributed by atoms with Gasteiger partial charge in [0, 0.05) is 6.66 Å². The Bertz CT molecular complexity index is 746. The highest BCUT2D eigenvalue weighted by Crippen LogP contribution is 2.45. The Morgan fingerprint density at radius 3 is 2.32 bits per heavy atom. The summed E-state index contributed by atoms with van der Waals surface area (Å²) in [5, 5.41) is 0. The van der Waals surface area contributed by atoms with Crippen molar-refractivity contribution in [3.63, 3.8) is 0 Å². The van der Waals surface area contributed by atoms with Crippen LogP contribution in [-0.4, -0.2) is 34.6 Å². The second-order valence-electron chi connectivity index (χ2n) is 5.27. The Kier molecular flexibility index (Phi) is 7.05. The van der Waals surface area contributed by atoms with Crippen LogP contribution in [0.3, 0.4) is 0 Å². The third-order valence-corrected chi connectivity index (χ3v) is 5.11. The molecule has 25 heavy (non-hydrogen) atoms. The molecule has 0 aliphatic carbocycles. The molecule has 1 atom stereocenters. The van der Waals surface area contributed by atoms with Crippen LogP contribution in [0.1, 0.15) is 19.4 Å². The number of benzene rings is 1. The van der Waals surface area contributed by atoms with E-state index in [1.54, 1.807) is 13.8 Å². The minimum absolute atomic E-state index is 0.462. The van der Waals surface area contributed by atoms with Gasteiger partial charge >= 0.3 is 16.3 Å². The van der Waals surface area contributed by atoms with Crippen LogP contribution in [0.15, 0.2) is 23.1 Å². The lowest BCUT2D eigenvalue weighted by atomic mass is 10.2. The minimum atomic E-state index is -4.96. The first-order valence-corrected chi connectivity index (χ1v) is 10.5. The topological polar surface area (TPSA) is 88.1 Å². The van der Waals surface area contributed by atoms with Crippen molar-refractivity contribution < 1.29 is 44.6 Å². The first kappa shape index (κ1) is 21.9. The molecule has 0 saturated carbocycles. The van der Waals surface area contributed by atoms with Gasteiger partial charge in [-0.05, 0) is 26.0 Å². The Labute approximate surface area is 143 Å². The fourth-order valence-electron chi connectivity index (χ4n) is 1.58. The van der Waals surface area contributed by atoms with Crippen molar-refractivity contribution in [2.24, 2.45) is 0 Å². The van der Waals surface area contributed by atoms with Crippen LogP contribution < -0.4 is 4.74 Å². The van der Waals surface area contributed by atoms with Crippen molar-refractivity contribution in [2.45, 2.75) is 31.0 Å². The molecular weight excluding hydrogens is 388 g/mol. The number of rotatable bonds is 8. The zero-order valence-corrected chi connectivity index (χ0v) is 15.6. The Morgan fingerprint density at radius 2 is 1.84 bits per heavy atom. The van der Waals surface area contributed by atoms with Crippen LogP contribution in [0.2, 0.25) is 0 Å². The van der Waals surface area contributed by atoms with Gasteiger partial charge in [-0.2, -0.15) is 26.3 Å². The molecule has 0 heterocycles. The molecule has 0 spiro atoms. The molecule has 0 saturated heterocycles.